The first-order chi connectivity index (χ1) is 8.04. The third-order valence-electron chi connectivity index (χ3n) is 2.07. The van der Waals surface area contributed by atoms with Crippen molar-refractivity contribution < 1.29 is 4.42 Å². The molecule has 7 heteroatoms. The molecular weight excluding hydrogens is 265 g/mol. The number of benzene rings is 1. The van der Waals surface area contributed by atoms with Gasteiger partial charge in [-0.15, -0.1) is 5.10 Å². The summed E-state index contributed by atoms with van der Waals surface area (Å²) in [4.78, 5) is 11.5. The first-order valence-corrected chi connectivity index (χ1v) is 5.26. The third-order valence-corrected chi connectivity index (χ3v) is 2.80. The van der Waals surface area contributed by atoms with Crippen LogP contribution in [-0.4, -0.2) is 9.78 Å². The van der Waals surface area contributed by atoms with Gasteiger partial charge in [-0.05, 0) is 18.2 Å². The van der Waals surface area contributed by atoms with Crippen molar-refractivity contribution in [3.05, 3.63) is 45.2 Å². The molecule has 0 aliphatic carbocycles. The number of nitrogen functional groups attached to an aromatic ring is 1. The minimum absolute atomic E-state index is 0.0968. The zero-order chi connectivity index (χ0) is 12.6. The van der Waals surface area contributed by atoms with Crippen LogP contribution in [0.3, 0.4) is 0 Å². The fourth-order valence-corrected chi connectivity index (χ4v) is 1.70. The molecule has 0 atom stereocenters. The van der Waals surface area contributed by atoms with Crippen molar-refractivity contribution in [2.24, 2.45) is 0 Å². The molecule has 17 heavy (non-hydrogen) atoms. The fraction of sp³-hybridized carbons (Fsp3) is 0. The molecule has 88 valence electrons. The van der Waals surface area contributed by atoms with E-state index in [1.54, 1.807) is 0 Å². The van der Waals surface area contributed by atoms with Crippen molar-refractivity contribution in [2.45, 2.75) is 0 Å². The van der Waals surface area contributed by atoms with Gasteiger partial charge >= 0.3 is 5.76 Å². The Morgan fingerprint density at radius 2 is 2.18 bits per heavy atom. The van der Waals surface area contributed by atoms with Gasteiger partial charge in [-0.1, -0.05) is 29.8 Å². The van der Waals surface area contributed by atoms with Crippen molar-refractivity contribution >= 4 is 35.0 Å². The van der Waals surface area contributed by atoms with Gasteiger partial charge < -0.3 is 10.2 Å². The highest BCUT2D eigenvalue weighted by Crippen LogP contribution is 2.31. The molecule has 1 aromatic carbocycles. The van der Waals surface area contributed by atoms with Crippen LogP contribution >= 0.6 is 23.2 Å². The van der Waals surface area contributed by atoms with Crippen LogP contribution in [0, 0.1) is 0 Å². The normalized spacial score (nSPS) is 10.5. The predicted molar refractivity (Wildman–Crippen MR) is 66.6 cm³/mol. The van der Waals surface area contributed by atoms with Gasteiger partial charge in [0.2, 0.25) is 5.89 Å². The number of nitrogens with two attached hydrogens (primary N) is 1. The zero-order valence-corrected chi connectivity index (χ0v) is 10.00. The summed E-state index contributed by atoms with van der Waals surface area (Å²) in [7, 11) is 0. The third kappa shape index (κ3) is 1.94. The molecule has 0 fully saturated rings. The van der Waals surface area contributed by atoms with Crippen LogP contribution in [0.2, 0.25) is 10.0 Å². The first-order valence-electron chi connectivity index (χ1n) is 4.51. The van der Waals surface area contributed by atoms with Crippen LogP contribution in [-0.2, 0) is 0 Å². The zero-order valence-electron chi connectivity index (χ0n) is 8.48. The molecule has 0 aliphatic heterocycles. The molecule has 1 aromatic heterocycles. The Morgan fingerprint density at radius 3 is 2.76 bits per heavy atom. The molecule has 0 radical (unpaired) electrons. The van der Waals surface area contributed by atoms with E-state index in [-0.39, 0.29) is 16.6 Å². The maximum atomic E-state index is 11.5. The van der Waals surface area contributed by atoms with Crippen molar-refractivity contribution in [1.82, 2.24) is 9.78 Å². The second-order valence-corrected chi connectivity index (χ2v) is 3.90. The number of rotatable bonds is 2. The van der Waals surface area contributed by atoms with Crippen LogP contribution in [0.15, 0.2) is 27.9 Å². The summed E-state index contributed by atoms with van der Waals surface area (Å²) < 4.78 is 5.78. The molecule has 2 aromatic rings. The summed E-state index contributed by atoms with van der Waals surface area (Å²) in [6, 6.07) is 3.05. The molecule has 0 aliphatic rings. The summed E-state index contributed by atoms with van der Waals surface area (Å²) in [5, 5.41) is 4.31. The Kier molecular flexibility index (Phi) is 2.95. The summed E-state index contributed by atoms with van der Waals surface area (Å²) in [6.45, 7) is 3.45. The molecule has 2 N–H and O–H groups in total. The second kappa shape index (κ2) is 4.27. The number of halogens is 2. The van der Waals surface area contributed by atoms with Crippen molar-refractivity contribution in [1.29, 1.82) is 0 Å². The maximum Gasteiger partial charge on any atom is 0.442 e. The molecular formula is C10H7Cl2N3O2. The van der Waals surface area contributed by atoms with E-state index in [4.69, 9.17) is 33.4 Å². The minimum atomic E-state index is -0.677. The first kappa shape index (κ1) is 11.8. The average molecular weight is 272 g/mol. The lowest BCUT2D eigenvalue weighted by atomic mass is 10.3. The van der Waals surface area contributed by atoms with Gasteiger partial charge in [-0.25, -0.2) is 4.79 Å². The largest absolute Gasteiger partial charge is 0.442 e. The molecule has 0 bridgehead atoms. The van der Waals surface area contributed by atoms with E-state index in [9.17, 15) is 4.79 Å². The van der Waals surface area contributed by atoms with Crippen molar-refractivity contribution in [3.8, 4) is 5.69 Å². The lowest BCUT2D eigenvalue weighted by Crippen LogP contribution is -2.14. The number of hydrogen-bond donors (Lipinski definition) is 1. The molecule has 0 saturated heterocycles. The van der Waals surface area contributed by atoms with E-state index in [0.29, 0.717) is 10.7 Å². The fourth-order valence-electron chi connectivity index (χ4n) is 1.25. The van der Waals surface area contributed by atoms with E-state index >= 15 is 0 Å². The van der Waals surface area contributed by atoms with Crippen LogP contribution in [0.1, 0.15) is 5.89 Å². The standard InChI is InChI=1S/C10H7Cl2N3O2/c1-2-7-14-15(10(16)17-7)6-4-3-5(11)9(13)8(6)12/h2-4H,1,13H2. The smallest absolute Gasteiger partial charge is 0.396 e. The maximum absolute atomic E-state index is 11.5. The highest BCUT2D eigenvalue weighted by molar-refractivity contribution is 6.40. The molecule has 2 rings (SSSR count). The molecule has 0 saturated carbocycles. The van der Waals surface area contributed by atoms with Crippen molar-refractivity contribution in [3.63, 3.8) is 0 Å². The highest BCUT2D eigenvalue weighted by atomic mass is 35.5. The van der Waals surface area contributed by atoms with E-state index in [1.807, 2.05) is 0 Å². The summed E-state index contributed by atoms with van der Waals surface area (Å²) >= 11 is 11.8. The van der Waals surface area contributed by atoms with Crippen LogP contribution in [0.25, 0.3) is 11.8 Å². The lowest BCUT2D eigenvalue weighted by Gasteiger charge is -2.05. The minimum Gasteiger partial charge on any atom is -0.396 e. The Bertz CT molecular complexity index is 645. The van der Waals surface area contributed by atoms with Crippen LogP contribution in [0.4, 0.5) is 5.69 Å². The number of hydrogen-bond acceptors (Lipinski definition) is 4. The van der Waals surface area contributed by atoms with E-state index in [2.05, 4.69) is 11.7 Å². The number of nitrogens with zero attached hydrogens (tertiary/aromatic N) is 2. The van der Waals surface area contributed by atoms with E-state index in [1.165, 1.54) is 18.2 Å². The molecule has 0 spiro atoms. The van der Waals surface area contributed by atoms with Gasteiger partial charge in [-0.2, -0.15) is 4.68 Å². The summed E-state index contributed by atoms with van der Waals surface area (Å²) in [5.74, 6) is -0.580. The molecule has 1 heterocycles. The lowest BCUT2D eigenvalue weighted by molar-refractivity contribution is 0.496. The average Bonchev–Trinajstić information content (AvgIpc) is 2.68. The number of anilines is 1. The summed E-state index contributed by atoms with van der Waals surface area (Å²) in [6.07, 6.45) is 1.31. The highest BCUT2D eigenvalue weighted by Gasteiger charge is 2.14. The Labute approximate surface area is 106 Å². The molecule has 5 nitrogen and oxygen atoms in total. The van der Waals surface area contributed by atoms with Gasteiger partial charge in [0.1, 0.15) is 0 Å². The summed E-state index contributed by atoms with van der Waals surface area (Å²) in [5.41, 5.74) is 6.13. The topological polar surface area (TPSA) is 74.1 Å². The quantitative estimate of drug-likeness (QED) is 0.851. The monoisotopic (exact) mass is 271 g/mol. The van der Waals surface area contributed by atoms with Crippen LogP contribution in [0.5, 0.6) is 0 Å². The number of aromatic nitrogens is 2. The second-order valence-electron chi connectivity index (χ2n) is 3.12. The van der Waals surface area contributed by atoms with Gasteiger partial charge in [0.15, 0.2) is 0 Å². The van der Waals surface area contributed by atoms with Gasteiger partial charge in [0.05, 0.1) is 21.4 Å². The molecule has 0 unspecified atom stereocenters. The van der Waals surface area contributed by atoms with E-state index in [0.717, 1.165) is 4.68 Å². The van der Waals surface area contributed by atoms with Gasteiger partial charge in [-0.3, -0.25) is 0 Å². The van der Waals surface area contributed by atoms with Gasteiger partial charge in [0.25, 0.3) is 0 Å². The Morgan fingerprint density at radius 1 is 1.47 bits per heavy atom. The Hall–Kier alpha value is -1.72. The Balaban J connectivity index is 2.68. The van der Waals surface area contributed by atoms with Crippen LogP contribution < -0.4 is 11.5 Å². The van der Waals surface area contributed by atoms with Crippen molar-refractivity contribution in [2.75, 3.05) is 5.73 Å². The predicted octanol–water partition coefficient (Wildman–Crippen LogP) is 2.36. The SMILES string of the molecule is C=Cc1nn(-c2ccc(Cl)c(N)c2Cl)c(=O)o1. The molecule has 0 amide bonds. The van der Waals surface area contributed by atoms with E-state index < -0.39 is 5.76 Å². The van der Waals surface area contributed by atoms with Gasteiger partial charge in [0, 0.05) is 0 Å².